The van der Waals surface area contributed by atoms with Crippen LogP contribution >= 0.6 is 0 Å². The van der Waals surface area contributed by atoms with Gasteiger partial charge in [-0.3, -0.25) is 15.0 Å². The van der Waals surface area contributed by atoms with Crippen LogP contribution in [0.5, 0.6) is 0 Å². The molecule has 0 N–H and O–H groups in total. The number of nitro groups is 1. The minimum atomic E-state index is -0.873. The number of ether oxygens (including phenoxy) is 1. The van der Waals surface area contributed by atoms with Gasteiger partial charge in [-0.15, -0.1) is 0 Å². The zero-order chi connectivity index (χ0) is 11.3. The van der Waals surface area contributed by atoms with E-state index in [-0.39, 0.29) is 11.5 Å². The van der Waals surface area contributed by atoms with Crippen LogP contribution in [0.3, 0.4) is 0 Å². The third-order valence-corrected chi connectivity index (χ3v) is 2.88. The molecule has 88 valence electrons. The normalized spacial score (nSPS) is 27.9. The van der Waals surface area contributed by atoms with Crippen molar-refractivity contribution in [1.82, 2.24) is 4.90 Å². The zero-order valence-corrected chi connectivity index (χ0v) is 9.57. The minimum Gasteiger partial charge on any atom is -0.359 e. The van der Waals surface area contributed by atoms with Gasteiger partial charge in [0.05, 0.1) is 13.3 Å². The smallest absolute Gasteiger partial charge is 0.257 e. The third kappa shape index (κ3) is 3.14. The molecule has 5 heteroatoms. The van der Waals surface area contributed by atoms with Gasteiger partial charge in [0.1, 0.15) is 6.61 Å². The molecule has 0 saturated carbocycles. The minimum absolute atomic E-state index is 0.154. The summed E-state index contributed by atoms with van der Waals surface area (Å²) in [4.78, 5) is 12.8. The highest BCUT2D eigenvalue weighted by molar-refractivity contribution is 4.84. The fourth-order valence-electron chi connectivity index (χ4n) is 2.04. The molecule has 15 heavy (non-hydrogen) atoms. The van der Waals surface area contributed by atoms with Gasteiger partial charge in [0.25, 0.3) is 5.54 Å². The lowest BCUT2D eigenvalue weighted by molar-refractivity contribution is -0.582. The Labute approximate surface area is 90.5 Å². The Kier molecular flexibility index (Phi) is 4.47. The van der Waals surface area contributed by atoms with Crippen LogP contribution in [-0.4, -0.2) is 42.3 Å². The molecular weight excluding hydrogens is 196 g/mol. The number of unbranched alkanes of at least 4 members (excludes halogenated alkanes) is 2. The molecule has 0 aromatic rings. The first-order valence-electron chi connectivity index (χ1n) is 5.51. The summed E-state index contributed by atoms with van der Waals surface area (Å²) in [5.74, 6) is 0. The first-order chi connectivity index (χ1) is 7.10. The summed E-state index contributed by atoms with van der Waals surface area (Å²) in [6.07, 6.45) is 3.68. The van der Waals surface area contributed by atoms with E-state index >= 15 is 0 Å². The summed E-state index contributed by atoms with van der Waals surface area (Å²) >= 11 is 0. The number of hydrogen-bond donors (Lipinski definition) is 0. The van der Waals surface area contributed by atoms with Crippen LogP contribution in [0.1, 0.15) is 32.6 Å². The largest absolute Gasteiger partial charge is 0.359 e. The Balaban J connectivity index is 2.57. The van der Waals surface area contributed by atoms with Crippen molar-refractivity contribution >= 4 is 0 Å². The molecule has 1 aliphatic rings. The van der Waals surface area contributed by atoms with Gasteiger partial charge in [0.2, 0.25) is 0 Å². The summed E-state index contributed by atoms with van der Waals surface area (Å²) in [5.41, 5.74) is -0.873. The van der Waals surface area contributed by atoms with Gasteiger partial charge in [-0.25, -0.2) is 0 Å². The number of rotatable bonds is 5. The van der Waals surface area contributed by atoms with E-state index in [1.54, 1.807) is 0 Å². The molecule has 1 fully saturated rings. The van der Waals surface area contributed by atoms with Crippen LogP contribution < -0.4 is 0 Å². The lowest BCUT2D eigenvalue weighted by Crippen LogP contribution is -2.55. The fraction of sp³-hybridized carbons (Fsp3) is 1.00. The van der Waals surface area contributed by atoms with Crippen LogP contribution in [0.2, 0.25) is 0 Å². The van der Waals surface area contributed by atoms with E-state index in [1.807, 2.05) is 11.9 Å². The SMILES string of the molecule is CCCCC[C@]1([N+](=O)[O-])COCN(C)C1. The average Bonchev–Trinajstić information content (AvgIpc) is 2.18. The van der Waals surface area contributed by atoms with Crippen molar-refractivity contribution in [3.63, 3.8) is 0 Å². The summed E-state index contributed by atoms with van der Waals surface area (Å²) in [6.45, 7) is 3.36. The summed E-state index contributed by atoms with van der Waals surface area (Å²) in [7, 11) is 1.86. The lowest BCUT2D eigenvalue weighted by atomic mass is 9.92. The predicted octanol–water partition coefficient (Wildman–Crippen LogP) is 1.50. The highest BCUT2D eigenvalue weighted by Crippen LogP contribution is 2.24. The molecule has 0 aliphatic carbocycles. The van der Waals surface area contributed by atoms with E-state index in [0.29, 0.717) is 19.7 Å². The van der Waals surface area contributed by atoms with Crippen LogP contribution in [0.4, 0.5) is 0 Å². The Morgan fingerprint density at radius 3 is 2.80 bits per heavy atom. The lowest BCUT2D eigenvalue weighted by Gasteiger charge is -2.34. The molecule has 0 aromatic heterocycles. The number of hydrogen-bond acceptors (Lipinski definition) is 4. The maximum Gasteiger partial charge on any atom is 0.257 e. The summed E-state index contributed by atoms with van der Waals surface area (Å²) in [6, 6.07) is 0. The van der Waals surface area contributed by atoms with Crippen molar-refractivity contribution in [3.05, 3.63) is 10.1 Å². The Bertz CT molecular complexity index is 223. The van der Waals surface area contributed by atoms with E-state index in [2.05, 4.69) is 6.92 Å². The van der Waals surface area contributed by atoms with Crippen molar-refractivity contribution in [3.8, 4) is 0 Å². The van der Waals surface area contributed by atoms with E-state index in [9.17, 15) is 10.1 Å². The van der Waals surface area contributed by atoms with Gasteiger partial charge < -0.3 is 4.74 Å². The maximum absolute atomic E-state index is 11.1. The van der Waals surface area contributed by atoms with E-state index in [0.717, 1.165) is 19.3 Å². The van der Waals surface area contributed by atoms with Crippen LogP contribution in [0, 0.1) is 10.1 Å². The molecule has 0 bridgehead atoms. The van der Waals surface area contributed by atoms with Gasteiger partial charge >= 0.3 is 0 Å². The van der Waals surface area contributed by atoms with Gasteiger partial charge in [0.15, 0.2) is 0 Å². The van der Waals surface area contributed by atoms with E-state index in [4.69, 9.17) is 4.74 Å². The van der Waals surface area contributed by atoms with Gasteiger partial charge in [-0.2, -0.15) is 0 Å². The van der Waals surface area contributed by atoms with Gasteiger partial charge in [-0.1, -0.05) is 19.8 Å². The molecule has 0 radical (unpaired) electrons. The first kappa shape index (κ1) is 12.4. The molecule has 1 saturated heterocycles. The highest BCUT2D eigenvalue weighted by Gasteiger charge is 2.46. The molecule has 5 nitrogen and oxygen atoms in total. The number of nitrogens with zero attached hydrogens (tertiary/aromatic N) is 2. The van der Waals surface area contributed by atoms with Crippen molar-refractivity contribution in [2.75, 3.05) is 26.9 Å². The van der Waals surface area contributed by atoms with Crippen LogP contribution in [-0.2, 0) is 4.74 Å². The molecule has 1 rings (SSSR count). The second-order valence-electron chi connectivity index (χ2n) is 4.43. The topological polar surface area (TPSA) is 55.6 Å². The maximum atomic E-state index is 11.1. The van der Waals surface area contributed by atoms with Crippen molar-refractivity contribution < 1.29 is 9.66 Å². The van der Waals surface area contributed by atoms with E-state index < -0.39 is 5.54 Å². The van der Waals surface area contributed by atoms with Crippen molar-refractivity contribution in [1.29, 1.82) is 0 Å². The second-order valence-corrected chi connectivity index (χ2v) is 4.43. The number of likely N-dealkylation sites (N-methyl/N-ethyl adjacent to an activating group) is 1. The predicted molar refractivity (Wildman–Crippen MR) is 57.3 cm³/mol. The Hall–Kier alpha value is -0.680. The fourth-order valence-corrected chi connectivity index (χ4v) is 2.04. The summed E-state index contributed by atoms with van der Waals surface area (Å²) in [5, 5.41) is 11.1. The quantitative estimate of drug-likeness (QED) is 0.397. The van der Waals surface area contributed by atoms with Crippen LogP contribution in [0.15, 0.2) is 0 Å². The molecule has 1 heterocycles. The zero-order valence-electron chi connectivity index (χ0n) is 9.57. The molecule has 0 aromatic carbocycles. The van der Waals surface area contributed by atoms with Gasteiger partial charge in [-0.05, 0) is 13.5 Å². The van der Waals surface area contributed by atoms with Crippen molar-refractivity contribution in [2.45, 2.75) is 38.1 Å². The van der Waals surface area contributed by atoms with Crippen LogP contribution in [0.25, 0.3) is 0 Å². The molecule has 1 aliphatic heterocycles. The Morgan fingerprint density at radius 2 is 2.27 bits per heavy atom. The monoisotopic (exact) mass is 216 g/mol. The standard InChI is InChI=1S/C10H20N2O3/c1-3-4-5-6-10(12(13)14)7-11(2)9-15-8-10/h3-9H2,1-2H3/t10-/m1/s1. The molecule has 1 atom stereocenters. The Morgan fingerprint density at radius 1 is 1.53 bits per heavy atom. The molecular formula is C10H20N2O3. The first-order valence-corrected chi connectivity index (χ1v) is 5.51. The highest BCUT2D eigenvalue weighted by atomic mass is 16.6. The average molecular weight is 216 g/mol. The molecule has 0 spiro atoms. The molecule has 0 unspecified atom stereocenters. The second kappa shape index (κ2) is 5.42. The van der Waals surface area contributed by atoms with Crippen molar-refractivity contribution in [2.24, 2.45) is 0 Å². The third-order valence-electron chi connectivity index (χ3n) is 2.88. The van der Waals surface area contributed by atoms with Gasteiger partial charge in [0, 0.05) is 11.3 Å². The van der Waals surface area contributed by atoms with E-state index in [1.165, 1.54) is 0 Å². The summed E-state index contributed by atoms with van der Waals surface area (Å²) < 4.78 is 5.27. The molecule has 0 amide bonds.